The number of nitrogens with zero attached hydrogens (tertiary/aromatic N) is 2. The molecule has 1 heterocycles. The molecule has 0 radical (unpaired) electrons. The monoisotopic (exact) mass is 454 g/mol. The highest BCUT2D eigenvalue weighted by molar-refractivity contribution is 6.31. The largest absolute Gasteiger partial charge is 0.450 e. The zero-order valence-corrected chi connectivity index (χ0v) is 18.6. The minimum Gasteiger partial charge on any atom is -0.450 e. The highest BCUT2D eigenvalue weighted by Gasteiger charge is 2.27. The number of nitrogens with one attached hydrogen (secondary N) is 1. The summed E-state index contributed by atoms with van der Waals surface area (Å²) in [7, 11) is 0. The molecule has 10 heteroatoms. The summed E-state index contributed by atoms with van der Waals surface area (Å²) < 4.78 is 10.1. The molecule has 172 valence electrons. The van der Waals surface area contributed by atoms with E-state index in [-0.39, 0.29) is 18.6 Å². The fourth-order valence-electron chi connectivity index (χ4n) is 3.17. The Morgan fingerprint density at radius 3 is 2.45 bits per heavy atom. The van der Waals surface area contributed by atoms with Gasteiger partial charge in [0.1, 0.15) is 6.61 Å². The fraction of sp³-hybridized carbons (Fsp3) is 0.571. The number of unbranched alkanes of at least 4 members (excludes halogenated alkanes) is 1. The van der Waals surface area contributed by atoms with E-state index < -0.39 is 12.1 Å². The van der Waals surface area contributed by atoms with Crippen molar-refractivity contribution in [2.45, 2.75) is 38.8 Å². The zero-order chi connectivity index (χ0) is 22.6. The number of benzene rings is 1. The second-order valence-electron chi connectivity index (χ2n) is 7.21. The summed E-state index contributed by atoms with van der Waals surface area (Å²) in [6.07, 6.45) is 1.03. The highest BCUT2D eigenvalue weighted by atomic mass is 35.5. The summed E-state index contributed by atoms with van der Waals surface area (Å²) in [5.74, 6) is -0.115. The van der Waals surface area contributed by atoms with Gasteiger partial charge in [-0.3, -0.25) is 4.79 Å². The van der Waals surface area contributed by atoms with Crippen molar-refractivity contribution in [2.75, 3.05) is 39.3 Å². The van der Waals surface area contributed by atoms with Gasteiger partial charge in [0.25, 0.3) is 0 Å². The van der Waals surface area contributed by atoms with E-state index in [2.05, 4.69) is 5.32 Å². The van der Waals surface area contributed by atoms with Crippen molar-refractivity contribution in [3.8, 4) is 0 Å². The van der Waals surface area contributed by atoms with Crippen molar-refractivity contribution in [2.24, 2.45) is 5.73 Å². The van der Waals surface area contributed by atoms with Gasteiger partial charge in [0.15, 0.2) is 0 Å². The summed E-state index contributed by atoms with van der Waals surface area (Å²) in [6, 6.07) is 6.58. The van der Waals surface area contributed by atoms with E-state index in [1.54, 1.807) is 28.9 Å². The first-order valence-corrected chi connectivity index (χ1v) is 10.9. The fourth-order valence-corrected chi connectivity index (χ4v) is 3.36. The molecule has 3 N–H and O–H groups in total. The van der Waals surface area contributed by atoms with Gasteiger partial charge in [-0.1, -0.05) is 29.8 Å². The number of amides is 3. The van der Waals surface area contributed by atoms with Crippen LogP contribution in [0, 0.1) is 0 Å². The van der Waals surface area contributed by atoms with Crippen LogP contribution in [0.2, 0.25) is 5.02 Å². The number of hydrogen-bond donors (Lipinski definition) is 2. The maximum atomic E-state index is 12.5. The van der Waals surface area contributed by atoms with Crippen LogP contribution in [0.25, 0.3) is 0 Å². The van der Waals surface area contributed by atoms with E-state index in [0.717, 1.165) is 5.56 Å². The topological polar surface area (TPSA) is 114 Å². The molecule has 1 fully saturated rings. The van der Waals surface area contributed by atoms with Crippen LogP contribution < -0.4 is 11.1 Å². The van der Waals surface area contributed by atoms with Gasteiger partial charge >= 0.3 is 12.2 Å². The van der Waals surface area contributed by atoms with Gasteiger partial charge < -0.3 is 30.3 Å². The molecule has 1 unspecified atom stereocenters. The van der Waals surface area contributed by atoms with Crippen molar-refractivity contribution < 1.29 is 23.9 Å². The number of rotatable bonds is 9. The number of piperazine rings is 1. The molecule has 0 bridgehead atoms. The maximum Gasteiger partial charge on any atom is 0.409 e. The lowest BCUT2D eigenvalue weighted by atomic mass is 10.1. The summed E-state index contributed by atoms with van der Waals surface area (Å²) in [5.41, 5.74) is 6.78. The van der Waals surface area contributed by atoms with Crippen LogP contribution in [-0.4, -0.2) is 73.3 Å². The van der Waals surface area contributed by atoms with E-state index >= 15 is 0 Å². The van der Waals surface area contributed by atoms with Crippen molar-refractivity contribution in [3.05, 3.63) is 34.9 Å². The van der Waals surface area contributed by atoms with E-state index in [4.69, 9.17) is 26.8 Å². The lowest BCUT2D eigenvalue weighted by Crippen LogP contribution is -2.54. The van der Waals surface area contributed by atoms with Crippen LogP contribution in [0.4, 0.5) is 9.59 Å². The van der Waals surface area contributed by atoms with Crippen LogP contribution in [0.1, 0.15) is 31.7 Å². The van der Waals surface area contributed by atoms with Gasteiger partial charge in [0, 0.05) is 43.3 Å². The van der Waals surface area contributed by atoms with E-state index in [0.29, 0.717) is 63.6 Å². The number of nitrogens with two attached hydrogens (primary N) is 1. The number of carbonyl (C=O) groups excluding carboxylic acids is 3. The second-order valence-corrected chi connectivity index (χ2v) is 7.62. The molecule has 1 aliphatic rings. The Labute approximate surface area is 187 Å². The molecular formula is C21H31ClN4O5. The third kappa shape index (κ3) is 8.26. The number of ether oxygens (including phenoxy) is 2. The lowest BCUT2D eigenvalue weighted by Gasteiger charge is -2.35. The molecule has 9 nitrogen and oxygen atoms in total. The molecule has 1 atom stereocenters. The van der Waals surface area contributed by atoms with E-state index in [9.17, 15) is 14.4 Å². The summed E-state index contributed by atoms with van der Waals surface area (Å²) >= 11 is 6.02. The smallest absolute Gasteiger partial charge is 0.409 e. The first-order valence-electron chi connectivity index (χ1n) is 10.5. The Hall–Kier alpha value is -2.52. The average molecular weight is 455 g/mol. The van der Waals surface area contributed by atoms with Crippen LogP contribution in [0.3, 0.4) is 0 Å². The van der Waals surface area contributed by atoms with Crippen molar-refractivity contribution in [3.63, 3.8) is 0 Å². The number of carbonyl (C=O) groups is 3. The normalized spacial score (nSPS) is 14.7. The van der Waals surface area contributed by atoms with Crippen molar-refractivity contribution >= 4 is 29.7 Å². The van der Waals surface area contributed by atoms with Crippen molar-refractivity contribution in [1.29, 1.82) is 0 Å². The molecule has 1 aromatic rings. The first kappa shape index (κ1) is 24.7. The molecule has 2 rings (SSSR count). The summed E-state index contributed by atoms with van der Waals surface area (Å²) in [6.45, 7) is 4.41. The Kier molecular flexibility index (Phi) is 10.4. The molecule has 0 saturated carbocycles. The SMILES string of the molecule is CCOC(=O)N1CCN(C(=O)C(N)CCCCNC(=O)OCc2ccccc2Cl)CC1. The molecule has 31 heavy (non-hydrogen) atoms. The Balaban J connectivity index is 1.56. The zero-order valence-electron chi connectivity index (χ0n) is 17.8. The third-order valence-corrected chi connectivity index (χ3v) is 5.33. The predicted molar refractivity (Wildman–Crippen MR) is 117 cm³/mol. The van der Waals surface area contributed by atoms with Crippen LogP contribution in [0.5, 0.6) is 0 Å². The van der Waals surface area contributed by atoms with Crippen molar-refractivity contribution in [1.82, 2.24) is 15.1 Å². The minimum atomic E-state index is -0.596. The number of halogens is 1. The molecule has 1 saturated heterocycles. The molecule has 0 aliphatic carbocycles. The Morgan fingerprint density at radius 1 is 1.10 bits per heavy atom. The van der Waals surface area contributed by atoms with Gasteiger partial charge in [-0.15, -0.1) is 0 Å². The number of hydrogen-bond acceptors (Lipinski definition) is 6. The minimum absolute atomic E-state index is 0.105. The summed E-state index contributed by atoms with van der Waals surface area (Å²) in [4.78, 5) is 39.2. The van der Waals surface area contributed by atoms with Gasteiger partial charge in [-0.2, -0.15) is 0 Å². The number of alkyl carbamates (subject to hydrolysis) is 1. The Bertz CT molecular complexity index is 740. The molecule has 3 amide bonds. The van der Waals surface area contributed by atoms with Crippen LogP contribution >= 0.6 is 11.6 Å². The van der Waals surface area contributed by atoms with Crippen LogP contribution in [-0.2, 0) is 20.9 Å². The molecule has 1 aromatic carbocycles. The van der Waals surface area contributed by atoms with Gasteiger partial charge in [0.05, 0.1) is 12.6 Å². The predicted octanol–water partition coefficient (Wildman–Crippen LogP) is 2.36. The summed E-state index contributed by atoms with van der Waals surface area (Å²) in [5, 5.41) is 3.23. The van der Waals surface area contributed by atoms with E-state index in [1.165, 1.54) is 0 Å². The third-order valence-electron chi connectivity index (χ3n) is 4.96. The molecule has 0 spiro atoms. The van der Waals surface area contributed by atoms with Gasteiger partial charge in [-0.05, 0) is 32.3 Å². The molecule has 0 aromatic heterocycles. The quantitative estimate of drug-likeness (QED) is 0.553. The lowest BCUT2D eigenvalue weighted by molar-refractivity contribution is -0.134. The second kappa shape index (κ2) is 13.0. The standard InChI is InChI=1S/C21H31ClN4O5/c1-2-30-21(29)26-13-11-25(12-14-26)19(27)18(23)9-5-6-10-24-20(28)31-15-16-7-3-4-8-17(16)22/h3-4,7-8,18H,2,5-6,9-15,23H2,1H3,(H,24,28). The van der Waals surface area contributed by atoms with E-state index in [1.807, 2.05) is 12.1 Å². The van der Waals surface area contributed by atoms with Crippen LogP contribution in [0.15, 0.2) is 24.3 Å². The van der Waals surface area contributed by atoms with Gasteiger partial charge in [0.2, 0.25) is 5.91 Å². The maximum absolute atomic E-state index is 12.5. The molecule has 1 aliphatic heterocycles. The highest BCUT2D eigenvalue weighted by Crippen LogP contribution is 2.15. The Morgan fingerprint density at radius 2 is 1.77 bits per heavy atom. The molecular weight excluding hydrogens is 424 g/mol. The average Bonchev–Trinajstić information content (AvgIpc) is 2.78. The van der Waals surface area contributed by atoms with Gasteiger partial charge in [-0.25, -0.2) is 9.59 Å². The first-order chi connectivity index (χ1) is 14.9.